The van der Waals surface area contributed by atoms with Crippen molar-refractivity contribution in [2.75, 3.05) is 0 Å². The van der Waals surface area contributed by atoms with Crippen molar-refractivity contribution >= 4 is 22.5 Å². The Morgan fingerprint density at radius 1 is 1.05 bits per heavy atom. The summed E-state index contributed by atoms with van der Waals surface area (Å²) in [6.45, 7) is 3.78. The van der Waals surface area contributed by atoms with Gasteiger partial charge in [0.05, 0.1) is 40.3 Å². The Morgan fingerprint density at radius 3 is 2.69 bits per heavy atom. The first-order valence-corrected chi connectivity index (χ1v) is 12.6. The molecule has 8 heteroatoms. The number of nitrogens with one attached hydrogen (secondary N) is 1. The Bertz CT molecular complexity index is 1910. The van der Waals surface area contributed by atoms with Gasteiger partial charge in [-0.05, 0) is 32.0 Å². The van der Waals surface area contributed by atoms with Crippen LogP contribution in [-0.4, -0.2) is 35.3 Å². The summed E-state index contributed by atoms with van der Waals surface area (Å²) in [5, 5.41) is 12.7. The summed E-state index contributed by atoms with van der Waals surface area (Å²) in [6, 6.07) is 19.5. The van der Waals surface area contributed by atoms with Gasteiger partial charge in [-0.1, -0.05) is 54.3 Å². The maximum Gasteiger partial charge on any atom is 0.257 e. The summed E-state index contributed by atoms with van der Waals surface area (Å²) in [6.07, 6.45) is 7.06. The maximum atomic E-state index is 13.5. The molecule has 6 aromatic rings. The lowest BCUT2D eigenvalue weighted by atomic mass is 9.97. The van der Waals surface area contributed by atoms with Crippen LogP contribution >= 0.6 is 0 Å². The molecule has 0 spiro atoms. The van der Waals surface area contributed by atoms with E-state index in [2.05, 4.69) is 38.4 Å². The third-order valence-electron chi connectivity index (χ3n) is 6.58. The number of carbonyl (C=O) groups excluding carboxylic acids is 1. The first-order valence-electron chi connectivity index (χ1n) is 12.6. The Labute approximate surface area is 225 Å². The van der Waals surface area contributed by atoms with Crippen LogP contribution in [0.4, 0.5) is 0 Å². The Balaban J connectivity index is 1.43. The molecule has 8 nitrogen and oxygen atoms in total. The highest BCUT2D eigenvalue weighted by atomic mass is 16.1. The molecular weight excluding hydrogens is 486 g/mol. The highest BCUT2D eigenvalue weighted by Gasteiger charge is 2.22. The molecule has 2 aromatic carbocycles. The highest BCUT2D eigenvalue weighted by Crippen LogP contribution is 2.31. The number of aromatic nitrogens is 6. The van der Waals surface area contributed by atoms with E-state index in [1.165, 1.54) is 0 Å². The topological polar surface area (TPSA) is 90.0 Å². The summed E-state index contributed by atoms with van der Waals surface area (Å²) in [5.41, 5.74) is 6.73. The summed E-state index contributed by atoms with van der Waals surface area (Å²) in [5.74, 6) is 6.22. The molecule has 1 amide bonds. The normalized spacial score (nSPS) is 11.8. The molecule has 4 heterocycles. The van der Waals surface area contributed by atoms with Crippen molar-refractivity contribution in [2.45, 2.75) is 19.9 Å². The Hall–Kier alpha value is -5.29. The minimum Gasteiger partial charge on any atom is -0.345 e. The van der Waals surface area contributed by atoms with Crippen LogP contribution in [0.1, 0.15) is 45.7 Å². The van der Waals surface area contributed by atoms with Crippen molar-refractivity contribution in [3.8, 4) is 23.1 Å². The molecule has 0 aliphatic heterocycles. The predicted molar refractivity (Wildman–Crippen MR) is 150 cm³/mol. The lowest BCUT2D eigenvalue weighted by Gasteiger charge is -2.19. The van der Waals surface area contributed by atoms with E-state index < -0.39 is 0 Å². The number of carbonyl (C=O) groups is 1. The van der Waals surface area contributed by atoms with Crippen molar-refractivity contribution in [3.05, 3.63) is 113 Å². The van der Waals surface area contributed by atoms with Gasteiger partial charge in [0.1, 0.15) is 5.56 Å². The van der Waals surface area contributed by atoms with Crippen molar-refractivity contribution in [3.63, 3.8) is 0 Å². The number of hydrogen-bond acceptors (Lipinski definition) is 5. The molecule has 1 N–H and O–H groups in total. The first-order chi connectivity index (χ1) is 19.0. The Morgan fingerprint density at radius 2 is 1.90 bits per heavy atom. The van der Waals surface area contributed by atoms with Gasteiger partial charge in [0, 0.05) is 42.2 Å². The van der Waals surface area contributed by atoms with E-state index >= 15 is 0 Å². The second-order valence-electron chi connectivity index (χ2n) is 9.37. The van der Waals surface area contributed by atoms with Crippen LogP contribution in [0, 0.1) is 18.8 Å². The van der Waals surface area contributed by atoms with E-state index in [1.54, 1.807) is 33.9 Å². The van der Waals surface area contributed by atoms with Crippen LogP contribution in [0.5, 0.6) is 0 Å². The lowest BCUT2D eigenvalue weighted by molar-refractivity contribution is 0.0941. The zero-order chi connectivity index (χ0) is 26.9. The number of fused-ring (bicyclic) bond motifs is 2. The largest absolute Gasteiger partial charge is 0.345 e. The van der Waals surface area contributed by atoms with Gasteiger partial charge >= 0.3 is 0 Å². The summed E-state index contributed by atoms with van der Waals surface area (Å²) in [7, 11) is 1.87. The number of pyridine rings is 1. The summed E-state index contributed by atoms with van der Waals surface area (Å²) >= 11 is 0. The SMILES string of the molecule is Cc1nn2cccnc2c1C(=O)NC(C)c1cc2cccc(C#Cc3cnn(C)c3)c2nc1-c1ccccc1. The van der Waals surface area contributed by atoms with Crippen LogP contribution in [0.15, 0.2) is 85.5 Å². The molecule has 0 fully saturated rings. The molecule has 0 bridgehead atoms. The van der Waals surface area contributed by atoms with Gasteiger partial charge in [-0.15, -0.1) is 0 Å². The molecule has 39 heavy (non-hydrogen) atoms. The van der Waals surface area contributed by atoms with E-state index in [9.17, 15) is 4.79 Å². The van der Waals surface area contributed by atoms with E-state index in [0.717, 1.165) is 38.9 Å². The third-order valence-corrected chi connectivity index (χ3v) is 6.58. The quantitative estimate of drug-likeness (QED) is 0.341. The van der Waals surface area contributed by atoms with Crippen molar-refractivity contribution in [1.29, 1.82) is 0 Å². The van der Waals surface area contributed by atoms with Gasteiger partial charge in [0.25, 0.3) is 5.91 Å². The molecule has 4 aromatic heterocycles. The van der Waals surface area contributed by atoms with Crippen molar-refractivity contribution in [2.24, 2.45) is 7.05 Å². The number of rotatable bonds is 4. The van der Waals surface area contributed by atoms with Crippen molar-refractivity contribution in [1.82, 2.24) is 34.7 Å². The average Bonchev–Trinajstić information content (AvgIpc) is 3.52. The van der Waals surface area contributed by atoms with Gasteiger partial charge in [-0.25, -0.2) is 14.5 Å². The van der Waals surface area contributed by atoms with Crippen LogP contribution < -0.4 is 5.32 Å². The Kier molecular flexibility index (Phi) is 6.10. The molecule has 0 saturated carbocycles. The molecule has 0 aliphatic carbocycles. The second kappa shape index (κ2) is 9.88. The highest BCUT2D eigenvalue weighted by molar-refractivity contribution is 6.01. The van der Waals surface area contributed by atoms with E-state index in [4.69, 9.17) is 4.98 Å². The summed E-state index contributed by atoms with van der Waals surface area (Å²) in [4.78, 5) is 22.9. The molecule has 0 radical (unpaired) electrons. The molecule has 0 aliphatic rings. The maximum absolute atomic E-state index is 13.5. The molecular formula is C31H25N7O. The van der Waals surface area contributed by atoms with E-state index in [-0.39, 0.29) is 11.9 Å². The number of para-hydroxylation sites is 1. The van der Waals surface area contributed by atoms with Crippen LogP contribution in [0.3, 0.4) is 0 Å². The van der Waals surface area contributed by atoms with Gasteiger partial charge in [0.2, 0.25) is 0 Å². The zero-order valence-electron chi connectivity index (χ0n) is 21.8. The fourth-order valence-electron chi connectivity index (χ4n) is 4.71. The number of amides is 1. The smallest absolute Gasteiger partial charge is 0.257 e. The van der Waals surface area contributed by atoms with E-state index in [0.29, 0.717) is 16.9 Å². The number of benzene rings is 2. The lowest BCUT2D eigenvalue weighted by Crippen LogP contribution is -2.27. The van der Waals surface area contributed by atoms with Crippen molar-refractivity contribution < 1.29 is 4.79 Å². The minimum atomic E-state index is -0.340. The first kappa shape index (κ1) is 24.1. The number of nitrogens with zero attached hydrogens (tertiary/aromatic N) is 6. The molecule has 6 rings (SSSR count). The fraction of sp³-hybridized carbons (Fsp3) is 0.129. The predicted octanol–water partition coefficient (Wildman–Crippen LogP) is 4.88. The monoisotopic (exact) mass is 511 g/mol. The second-order valence-corrected chi connectivity index (χ2v) is 9.37. The number of hydrogen-bond donors (Lipinski definition) is 1. The molecule has 1 atom stereocenters. The average molecular weight is 512 g/mol. The minimum absolute atomic E-state index is 0.233. The molecule has 1 unspecified atom stereocenters. The standard InChI is InChI=1S/C31H25N7O/c1-20(34-31(39)27-21(2)36-38-16-8-15-32-30(27)38)26-17-25-12-7-11-24(14-13-22-18-33-37(3)19-22)28(25)35-29(26)23-9-5-4-6-10-23/h4-12,15-20H,1-3H3,(H,34,39). The third kappa shape index (κ3) is 4.62. The van der Waals surface area contributed by atoms with Gasteiger partial charge in [0.15, 0.2) is 5.65 Å². The van der Waals surface area contributed by atoms with Crippen LogP contribution in [-0.2, 0) is 7.05 Å². The van der Waals surface area contributed by atoms with Gasteiger partial charge < -0.3 is 5.32 Å². The fourth-order valence-corrected chi connectivity index (χ4v) is 4.71. The zero-order valence-corrected chi connectivity index (χ0v) is 21.8. The molecule has 0 saturated heterocycles. The number of aryl methyl sites for hydroxylation is 2. The van der Waals surface area contributed by atoms with Crippen LogP contribution in [0.2, 0.25) is 0 Å². The van der Waals surface area contributed by atoms with Crippen LogP contribution in [0.25, 0.3) is 27.8 Å². The molecule has 190 valence electrons. The van der Waals surface area contributed by atoms with Gasteiger partial charge in [-0.3, -0.25) is 9.48 Å². The van der Waals surface area contributed by atoms with E-state index in [1.807, 2.05) is 75.6 Å². The summed E-state index contributed by atoms with van der Waals surface area (Å²) < 4.78 is 3.35. The van der Waals surface area contributed by atoms with Gasteiger partial charge in [-0.2, -0.15) is 10.2 Å².